The summed E-state index contributed by atoms with van der Waals surface area (Å²) < 4.78 is 5.13. The lowest BCUT2D eigenvalue weighted by molar-refractivity contribution is -0.129. The molecule has 0 aromatic heterocycles. The Labute approximate surface area is 119 Å². The van der Waals surface area contributed by atoms with Crippen LogP contribution in [0.5, 0.6) is 5.75 Å². The fourth-order valence-corrected chi connectivity index (χ4v) is 1.77. The third-order valence-electron chi connectivity index (χ3n) is 2.95. The summed E-state index contributed by atoms with van der Waals surface area (Å²) in [6.07, 6.45) is 0.345. The van der Waals surface area contributed by atoms with Crippen LogP contribution in [0.2, 0.25) is 0 Å². The normalized spacial score (nSPS) is 11.7. The van der Waals surface area contributed by atoms with Crippen LogP contribution in [-0.4, -0.2) is 36.5 Å². The third kappa shape index (κ3) is 4.87. The second kappa shape index (κ2) is 7.09. The van der Waals surface area contributed by atoms with E-state index in [4.69, 9.17) is 22.7 Å². The highest BCUT2D eigenvalue weighted by molar-refractivity contribution is 7.80. The number of carbonyl (C=O) groups excluding carboxylic acids is 1. The van der Waals surface area contributed by atoms with Crippen molar-refractivity contribution < 1.29 is 9.53 Å². The van der Waals surface area contributed by atoms with E-state index in [9.17, 15) is 4.79 Å². The number of hydrogen-bond acceptors (Lipinski definition) is 3. The number of methoxy groups -OCH3 is 1. The predicted octanol–water partition coefficient (Wildman–Crippen LogP) is 1.62. The maximum absolute atomic E-state index is 12.1. The van der Waals surface area contributed by atoms with Gasteiger partial charge >= 0.3 is 0 Å². The van der Waals surface area contributed by atoms with Gasteiger partial charge in [0.1, 0.15) is 5.75 Å². The summed E-state index contributed by atoms with van der Waals surface area (Å²) in [7, 11) is 3.37. The minimum atomic E-state index is 0.0225. The highest BCUT2D eigenvalue weighted by Crippen LogP contribution is 2.13. The van der Waals surface area contributed by atoms with E-state index in [1.807, 2.05) is 31.2 Å². The molecular formula is C14H20N2O2S. The molecule has 1 atom stereocenters. The third-order valence-corrected chi connectivity index (χ3v) is 3.35. The van der Waals surface area contributed by atoms with Crippen molar-refractivity contribution in [2.24, 2.45) is 11.7 Å². The molecular weight excluding hydrogens is 260 g/mol. The zero-order valence-corrected chi connectivity index (χ0v) is 12.4. The van der Waals surface area contributed by atoms with Crippen LogP contribution in [0.25, 0.3) is 0 Å². The van der Waals surface area contributed by atoms with Gasteiger partial charge in [-0.1, -0.05) is 31.3 Å². The predicted molar refractivity (Wildman–Crippen MR) is 80.3 cm³/mol. The van der Waals surface area contributed by atoms with Crippen molar-refractivity contribution >= 4 is 23.1 Å². The lowest BCUT2D eigenvalue weighted by atomic mass is 10.1. The summed E-state index contributed by atoms with van der Waals surface area (Å²) >= 11 is 4.91. The van der Waals surface area contributed by atoms with Gasteiger partial charge in [-0.15, -0.1) is 0 Å². The van der Waals surface area contributed by atoms with Crippen molar-refractivity contribution in [3.63, 3.8) is 0 Å². The number of hydrogen-bond donors (Lipinski definition) is 1. The van der Waals surface area contributed by atoms with E-state index in [0.29, 0.717) is 18.0 Å². The first kappa shape index (κ1) is 15.4. The van der Waals surface area contributed by atoms with E-state index in [1.54, 1.807) is 19.1 Å². The summed E-state index contributed by atoms with van der Waals surface area (Å²) in [5.74, 6) is 0.815. The smallest absolute Gasteiger partial charge is 0.226 e. The molecule has 0 aliphatic carbocycles. The Balaban J connectivity index is 2.60. The lowest BCUT2D eigenvalue weighted by Crippen LogP contribution is -2.36. The summed E-state index contributed by atoms with van der Waals surface area (Å²) in [4.78, 5) is 14.2. The molecule has 4 nitrogen and oxygen atoms in total. The van der Waals surface area contributed by atoms with Crippen molar-refractivity contribution in [3.8, 4) is 5.75 Å². The first-order chi connectivity index (χ1) is 8.93. The Morgan fingerprint density at radius 2 is 2.21 bits per heavy atom. The van der Waals surface area contributed by atoms with Crippen LogP contribution in [0.15, 0.2) is 24.3 Å². The topological polar surface area (TPSA) is 55.6 Å². The summed E-state index contributed by atoms with van der Waals surface area (Å²) in [5.41, 5.74) is 6.48. The van der Waals surface area contributed by atoms with Gasteiger partial charge in [0.15, 0.2) is 0 Å². The van der Waals surface area contributed by atoms with Crippen molar-refractivity contribution in [2.45, 2.75) is 13.3 Å². The second-order valence-electron chi connectivity index (χ2n) is 4.61. The number of likely N-dealkylation sites (N-methyl/N-ethyl adjacent to an activating group) is 1. The number of nitrogens with zero attached hydrogens (tertiary/aromatic N) is 1. The number of benzene rings is 1. The summed E-state index contributed by atoms with van der Waals surface area (Å²) in [6, 6.07) is 7.50. The zero-order chi connectivity index (χ0) is 14.4. The quantitative estimate of drug-likeness (QED) is 0.805. The van der Waals surface area contributed by atoms with E-state index in [-0.39, 0.29) is 11.8 Å². The molecule has 0 heterocycles. The van der Waals surface area contributed by atoms with E-state index in [0.717, 1.165) is 11.3 Å². The zero-order valence-electron chi connectivity index (χ0n) is 11.6. The van der Waals surface area contributed by atoms with E-state index >= 15 is 0 Å². The highest BCUT2D eigenvalue weighted by Gasteiger charge is 2.14. The molecule has 0 bridgehead atoms. The lowest BCUT2D eigenvalue weighted by Gasteiger charge is -2.21. The number of thiocarbonyl (C=S) groups is 1. The molecule has 1 amide bonds. The Bertz CT molecular complexity index is 463. The van der Waals surface area contributed by atoms with Crippen molar-refractivity contribution in [2.75, 3.05) is 20.7 Å². The van der Waals surface area contributed by atoms with Crippen molar-refractivity contribution in [3.05, 3.63) is 29.8 Å². The number of amides is 1. The molecule has 19 heavy (non-hydrogen) atoms. The van der Waals surface area contributed by atoms with Crippen LogP contribution in [0, 0.1) is 5.92 Å². The maximum Gasteiger partial charge on any atom is 0.226 e. The highest BCUT2D eigenvalue weighted by atomic mass is 32.1. The van der Waals surface area contributed by atoms with Crippen LogP contribution in [0.4, 0.5) is 0 Å². The Morgan fingerprint density at radius 1 is 1.53 bits per heavy atom. The van der Waals surface area contributed by atoms with Gasteiger partial charge in [0.2, 0.25) is 5.91 Å². The van der Waals surface area contributed by atoms with Gasteiger partial charge in [-0.05, 0) is 17.7 Å². The van der Waals surface area contributed by atoms with Gasteiger partial charge < -0.3 is 15.4 Å². The molecule has 104 valence electrons. The van der Waals surface area contributed by atoms with Gasteiger partial charge in [0.05, 0.1) is 18.5 Å². The van der Waals surface area contributed by atoms with Crippen molar-refractivity contribution in [1.82, 2.24) is 4.90 Å². The average molecular weight is 280 g/mol. The van der Waals surface area contributed by atoms with Gasteiger partial charge in [-0.25, -0.2) is 0 Å². The maximum atomic E-state index is 12.1. The van der Waals surface area contributed by atoms with Gasteiger partial charge in [-0.2, -0.15) is 0 Å². The Morgan fingerprint density at radius 3 is 2.79 bits per heavy atom. The molecule has 5 heteroatoms. The molecule has 1 aromatic rings. The summed E-state index contributed by atoms with van der Waals surface area (Å²) in [5, 5.41) is 0. The summed E-state index contributed by atoms with van der Waals surface area (Å²) in [6.45, 7) is 2.45. The molecule has 1 rings (SSSR count). The van der Waals surface area contributed by atoms with Crippen LogP contribution >= 0.6 is 12.2 Å². The minimum absolute atomic E-state index is 0.0225. The molecule has 0 saturated carbocycles. The number of carbonyl (C=O) groups is 1. The first-order valence-corrected chi connectivity index (χ1v) is 6.51. The average Bonchev–Trinajstić information content (AvgIpc) is 2.38. The Hall–Kier alpha value is -1.62. The molecule has 0 fully saturated rings. The molecule has 1 aromatic carbocycles. The monoisotopic (exact) mass is 280 g/mol. The molecule has 0 radical (unpaired) electrons. The van der Waals surface area contributed by atoms with Gasteiger partial charge in [0.25, 0.3) is 0 Å². The number of nitrogens with two attached hydrogens (primary N) is 1. The molecule has 0 saturated heterocycles. The minimum Gasteiger partial charge on any atom is -0.497 e. The largest absolute Gasteiger partial charge is 0.497 e. The van der Waals surface area contributed by atoms with E-state index in [1.165, 1.54) is 0 Å². The number of ether oxygens (including phenoxy) is 1. The van der Waals surface area contributed by atoms with Crippen LogP contribution in [0.3, 0.4) is 0 Å². The fraction of sp³-hybridized carbons (Fsp3) is 0.429. The number of rotatable bonds is 6. The molecule has 2 N–H and O–H groups in total. The van der Waals surface area contributed by atoms with E-state index in [2.05, 4.69) is 0 Å². The SMILES string of the molecule is COc1cccc(CC(=O)N(C)CC(C)C(N)=S)c1. The standard InChI is InChI=1S/C14H20N2O2S/c1-10(14(15)19)9-16(2)13(17)8-11-5-4-6-12(7-11)18-3/h4-7,10H,8-9H2,1-3H3,(H2,15,19). The second-order valence-corrected chi connectivity index (χ2v) is 5.08. The molecule has 1 unspecified atom stereocenters. The van der Waals surface area contributed by atoms with E-state index < -0.39 is 0 Å². The first-order valence-electron chi connectivity index (χ1n) is 6.10. The van der Waals surface area contributed by atoms with Crippen LogP contribution in [-0.2, 0) is 11.2 Å². The van der Waals surface area contributed by atoms with Crippen LogP contribution < -0.4 is 10.5 Å². The molecule has 0 spiro atoms. The Kier molecular flexibility index (Phi) is 5.76. The molecule has 0 aliphatic heterocycles. The molecule has 0 aliphatic rings. The van der Waals surface area contributed by atoms with Crippen LogP contribution in [0.1, 0.15) is 12.5 Å². The van der Waals surface area contributed by atoms with Crippen molar-refractivity contribution in [1.29, 1.82) is 0 Å². The fourth-order valence-electron chi connectivity index (χ4n) is 1.69. The van der Waals surface area contributed by atoms with Gasteiger partial charge in [-0.3, -0.25) is 4.79 Å². The van der Waals surface area contributed by atoms with Gasteiger partial charge in [0, 0.05) is 19.5 Å².